The molecule has 2 N–H and O–H groups in total. The van der Waals surface area contributed by atoms with E-state index in [4.69, 9.17) is 10.2 Å². The highest BCUT2D eigenvalue weighted by atomic mass is 79.9. The molecule has 0 aliphatic heterocycles. The summed E-state index contributed by atoms with van der Waals surface area (Å²) in [4.78, 5) is 12.1. The Kier molecular flexibility index (Phi) is 3.66. The number of hydrogen-bond donors (Lipinski definition) is 2. The molecule has 17 heavy (non-hydrogen) atoms. The van der Waals surface area contributed by atoms with Crippen LogP contribution in [0.3, 0.4) is 0 Å². The van der Waals surface area contributed by atoms with Crippen molar-refractivity contribution in [1.82, 2.24) is 9.13 Å². The zero-order chi connectivity index (χ0) is 12.4. The van der Waals surface area contributed by atoms with E-state index < -0.39 is 0 Å². The zero-order valence-corrected chi connectivity index (χ0v) is 10.7. The van der Waals surface area contributed by atoms with Crippen LogP contribution >= 0.6 is 15.9 Å². The maximum Gasteiger partial charge on any atom is 0.329 e. The van der Waals surface area contributed by atoms with Gasteiger partial charge in [0.1, 0.15) is 0 Å². The average molecular weight is 301 g/mol. The fraction of sp³-hybridized carbons (Fsp3) is 0.364. The molecule has 6 heteroatoms. The maximum absolute atomic E-state index is 12.1. The van der Waals surface area contributed by atoms with Gasteiger partial charge >= 0.3 is 5.69 Å². The number of rotatable bonds is 4. The number of nitrogens with zero attached hydrogens (tertiary/aromatic N) is 2. The first-order valence-corrected chi connectivity index (χ1v) is 6.08. The van der Waals surface area contributed by atoms with Crippen LogP contribution in [0.15, 0.2) is 27.5 Å². The van der Waals surface area contributed by atoms with E-state index in [1.807, 2.05) is 18.2 Å². The summed E-state index contributed by atoms with van der Waals surface area (Å²) >= 11 is 3.35. The van der Waals surface area contributed by atoms with Gasteiger partial charge in [-0.05, 0) is 18.2 Å². The van der Waals surface area contributed by atoms with E-state index in [0.29, 0.717) is 0 Å². The second-order valence-corrected chi connectivity index (χ2v) is 4.58. The smallest absolute Gasteiger partial charge is 0.329 e. The van der Waals surface area contributed by atoms with Crippen molar-refractivity contribution in [2.24, 2.45) is 0 Å². The Morgan fingerprint density at radius 2 is 1.65 bits per heavy atom. The SMILES string of the molecule is O=c1n(CCO)c2ccc(Br)cc2n1CCO. The second kappa shape index (κ2) is 5.03. The summed E-state index contributed by atoms with van der Waals surface area (Å²) < 4.78 is 3.89. The van der Waals surface area contributed by atoms with Gasteiger partial charge in [-0.3, -0.25) is 9.13 Å². The molecular weight excluding hydrogens is 288 g/mol. The number of fused-ring (bicyclic) bond motifs is 1. The van der Waals surface area contributed by atoms with Crippen molar-refractivity contribution in [3.05, 3.63) is 33.2 Å². The Hall–Kier alpha value is -1.11. The van der Waals surface area contributed by atoms with Crippen LogP contribution in [0.5, 0.6) is 0 Å². The van der Waals surface area contributed by atoms with Crippen LogP contribution in [0.25, 0.3) is 11.0 Å². The third-order valence-electron chi connectivity index (χ3n) is 2.63. The van der Waals surface area contributed by atoms with Gasteiger partial charge in [-0.1, -0.05) is 15.9 Å². The van der Waals surface area contributed by atoms with Crippen molar-refractivity contribution in [3.63, 3.8) is 0 Å². The van der Waals surface area contributed by atoms with Gasteiger partial charge in [-0.25, -0.2) is 4.79 Å². The Labute approximate surface area is 106 Å². The third-order valence-corrected chi connectivity index (χ3v) is 3.12. The Morgan fingerprint density at radius 1 is 1.06 bits per heavy atom. The van der Waals surface area contributed by atoms with Gasteiger partial charge in [0.05, 0.1) is 37.3 Å². The van der Waals surface area contributed by atoms with Gasteiger partial charge in [0.2, 0.25) is 0 Å². The lowest BCUT2D eigenvalue weighted by atomic mass is 10.3. The van der Waals surface area contributed by atoms with Crippen LogP contribution in [0.1, 0.15) is 0 Å². The van der Waals surface area contributed by atoms with Crippen molar-refractivity contribution in [2.75, 3.05) is 13.2 Å². The fourth-order valence-electron chi connectivity index (χ4n) is 1.93. The molecule has 5 nitrogen and oxygen atoms in total. The van der Waals surface area contributed by atoms with E-state index >= 15 is 0 Å². The molecule has 92 valence electrons. The van der Waals surface area contributed by atoms with Gasteiger partial charge in [0, 0.05) is 4.47 Å². The minimum atomic E-state index is -0.207. The summed E-state index contributed by atoms with van der Waals surface area (Å²) in [7, 11) is 0. The van der Waals surface area contributed by atoms with Crippen molar-refractivity contribution in [3.8, 4) is 0 Å². The topological polar surface area (TPSA) is 67.4 Å². The summed E-state index contributed by atoms with van der Waals surface area (Å²) in [6.07, 6.45) is 0. The molecule has 0 spiro atoms. The van der Waals surface area contributed by atoms with Crippen molar-refractivity contribution in [1.29, 1.82) is 0 Å². The monoisotopic (exact) mass is 300 g/mol. The molecule has 2 rings (SSSR count). The van der Waals surface area contributed by atoms with Crippen molar-refractivity contribution >= 4 is 27.0 Å². The lowest BCUT2D eigenvalue weighted by molar-refractivity contribution is 0.268. The molecule has 1 heterocycles. The molecule has 0 unspecified atom stereocenters. The van der Waals surface area contributed by atoms with Gasteiger partial charge in [-0.15, -0.1) is 0 Å². The van der Waals surface area contributed by atoms with E-state index in [0.717, 1.165) is 15.5 Å². The molecule has 0 saturated carbocycles. The quantitative estimate of drug-likeness (QED) is 0.866. The Balaban J connectivity index is 2.73. The molecule has 1 aromatic heterocycles. The van der Waals surface area contributed by atoms with Crippen molar-refractivity contribution < 1.29 is 10.2 Å². The van der Waals surface area contributed by atoms with E-state index in [2.05, 4.69) is 15.9 Å². The van der Waals surface area contributed by atoms with Gasteiger partial charge in [0.25, 0.3) is 0 Å². The van der Waals surface area contributed by atoms with Crippen LogP contribution in [0.4, 0.5) is 0 Å². The average Bonchev–Trinajstić information content (AvgIpc) is 2.55. The van der Waals surface area contributed by atoms with Crippen LogP contribution in [0.2, 0.25) is 0 Å². The Bertz CT molecular complexity index is 588. The summed E-state index contributed by atoms with van der Waals surface area (Å²) in [6, 6.07) is 5.50. The molecule has 0 fully saturated rings. The van der Waals surface area contributed by atoms with E-state index in [1.54, 1.807) is 0 Å². The van der Waals surface area contributed by atoms with Gasteiger partial charge in [0.15, 0.2) is 0 Å². The molecular formula is C11H13BrN2O3. The lowest BCUT2D eigenvalue weighted by Gasteiger charge is -1.99. The largest absolute Gasteiger partial charge is 0.395 e. The molecule has 2 aromatic rings. The predicted molar refractivity (Wildman–Crippen MR) is 68.1 cm³/mol. The Morgan fingerprint density at radius 3 is 2.24 bits per heavy atom. The minimum absolute atomic E-state index is 0.0891. The predicted octanol–water partition coefficient (Wildman–Crippen LogP) is 0.550. The molecule has 0 amide bonds. The van der Waals surface area contributed by atoms with Crippen LogP contribution in [-0.4, -0.2) is 32.6 Å². The molecule has 0 bridgehead atoms. The number of benzene rings is 1. The number of aliphatic hydroxyl groups excluding tert-OH is 2. The molecule has 1 aromatic carbocycles. The van der Waals surface area contributed by atoms with Crippen molar-refractivity contribution in [2.45, 2.75) is 13.1 Å². The first-order chi connectivity index (χ1) is 8.19. The standard InChI is InChI=1S/C11H13BrN2O3/c12-8-1-2-9-10(7-8)14(4-6-16)11(17)13(9)3-5-15/h1-2,7,15-16H,3-6H2. The normalized spacial score (nSPS) is 11.2. The molecule has 0 aliphatic carbocycles. The highest BCUT2D eigenvalue weighted by Crippen LogP contribution is 2.19. The molecule has 0 saturated heterocycles. The second-order valence-electron chi connectivity index (χ2n) is 3.67. The summed E-state index contributed by atoms with van der Waals surface area (Å²) in [5.74, 6) is 0. The van der Waals surface area contributed by atoms with E-state index in [1.165, 1.54) is 9.13 Å². The fourth-order valence-corrected chi connectivity index (χ4v) is 2.27. The number of hydrogen-bond acceptors (Lipinski definition) is 3. The summed E-state index contributed by atoms with van der Waals surface area (Å²) in [5.41, 5.74) is 1.31. The van der Waals surface area contributed by atoms with E-state index in [9.17, 15) is 4.79 Å². The number of halogens is 1. The highest BCUT2D eigenvalue weighted by Gasteiger charge is 2.12. The van der Waals surface area contributed by atoms with Gasteiger partial charge < -0.3 is 10.2 Å². The summed E-state index contributed by atoms with van der Waals surface area (Å²) in [5, 5.41) is 18.0. The number of aliphatic hydroxyl groups is 2. The third kappa shape index (κ3) is 2.15. The number of aromatic nitrogens is 2. The van der Waals surface area contributed by atoms with Crippen LogP contribution in [-0.2, 0) is 13.1 Å². The minimum Gasteiger partial charge on any atom is -0.395 e. The highest BCUT2D eigenvalue weighted by molar-refractivity contribution is 9.10. The van der Waals surface area contributed by atoms with E-state index in [-0.39, 0.29) is 32.0 Å². The zero-order valence-electron chi connectivity index (χ0n) is 9.14. The first kappa shape index (κ1) is 12.3. The first-order valence-electron chi connectivity index (χ1n) is 5.29. The lowest BCUT2D eigenvalue weighted by Crippen LogP contribution is -2.26. The molecule has 0 radical (unpaired) electrons. The molecule has 0 aliphatic rings. The number of imidazole rings is 1. The van der Waals surface area contributed by atoms with Gasteiger partial charge in [-0.2, -0.15) is 0 Å². The maximum atomic E-state index is 12.1. The van der Waals surface area contributed by atoms with Crippen LogP contribution < -0.4 is 5.69 Å². The molecule has 0 atom stereocenters. The summed E-state index contributed by atoms with van der Waals surface area (Å²) in [6.45, 7) is 0.332. The van der Waals surface area contributed by atoms with Crippen LogP contribution in [0, 0.1) is 0 Å².